The lowest BCUT2D eigenvalue weighted by Crippen LogP contribution is -1.98. The fourth-order valence-electron chi connectivity index (χ4n) is 2.57. The Morgan fingerprint density at radius 1 is 1.32 bits per heavy atom. The molecular weight excluding hydrogens is 346 g/mol. The highest BCUT2D eigenvalue weighted by atomic mass is 35.5. The number of halogens is 1. The van der Waals surface area contributed by atoms with Gasteiger partial charge in [-0.15, -0.1) is 0 Å². The van der Waals surface area contributed by atoms with Crippen LogP contribution in [0.3, 0.4) is 0 Å². The summed E-state index contributed by atoms with van der Waals surface area (Å²) < 4.78 is 10.4. The lowest BCUT2D eigenvalue weighted by molar-refractivity contribution is -0.117. The standard InChI is InChI=1S/C16H12ClN5O3/c17-8-6-18-15(11-4-3-10(24-11)13-16(23)25-13)20-14(8)19-12-5-9(21-22-12)7-1-2-7/h3-7,13H,1-2H2,(H2,18,19,20,21,22). The van der Waals surface area contributed by atoms with Gasteiger partial charge in [-0.3, -0.25) is 5.10 Å². The third-order valence-corrected chi connectivity index (χ3v) is 4.38. The van der Waals surface area contributed by atoms with E-state index in [9.17, 15) is 4.79 Å². The summed E-state index contributed by atoms with van der Waals surface area (Å²) in [4.78, 5) is 19.6. The van der Waals surface area contributed by atoms with Gasteiger partial charge in [0.2, 0.25) is 0 Å². The van der Waals surface area contributed by atoms with Crippen molar-refractivity contribution in [1.29, 1.82) is 0 Å². The number of furan rings is 1. The van der Waals surface area contributed by atoms with Gasteiger partial charge in [0.15, 0.2) is 29.0 Å². The molecule has 8 nitrogen and oxygen atoms in total. The number of carbonyl (C=O) groups is 1. The number of epoxide rings is 1. The monoisotopic (exact) mass is 357 g/mol. The molecule has 3 aromatic heterocycles. The van der Waals surface area contributed by atoms with Crippen LogP contribution in [0.1, 0.15) is 36.3 Å². The topological polar surface area (TPSA) is 109 Å². The van der Waals surface area contributed by atoms with Crippen molar-refractivity contribution in [3.8, 4) is 11.6 Å². The predicted octanol–water partition coefficient (Wildman–Crippen LogP) is 3.33. The number of cyclic esters (lactones) is 1. The first-order chi connectivity index (χ1) is 12.2. The van der Waals surface area contributed by atoms with Crippen molar-refractivity contribution in [3.05, 3.63) is 40.9 Å². The van der Waals surface area contributed by atoms with E-state index in [0.717, 1.165) is 5.69 Å². The van der Waals surface area contributed by atoms with Crippen molar-refractivity contribution < 1.29 is 13.9 Å². The van der Waals surface area contributed by atoms with Gasteiger partial charge in [0, 0.05) is 17.7 Å². The summed E-state index contributed by atoms with van der Waals surface area (Å²) >= 11 is 6.18. The maximum atomic E-state index is 11.0. The quantitative estimate of drug-likeness (QED) is 0.674. The van der Waals surface area contributed by atoms with E-state index < -0.39 is 6.10 Å². The first-order valence-corrected chi connectivity index (χ1v) is 8.20. The molecule has 9 heteroatoms. The molecule has 2 N–H and O–H groups in total. The number of aromatic amines is 1. The van der Waals surface area contributed by atoms with Crippen LogP contribution in [0.15, 0.2) is 28.8 Å². The lowest BCUT2D eigenvalue weighted by Gasteiger charge is -2.05. The minimum absolute atomic E-state index is 0.301. The lowest BCUT2D eigenvalue weighted by atomic mass is 10.3. The fourth-order valence-corrected chi connectivity index (χ4v) is 2.71. The zero-order valence-electron chi connectivity index (χ0n) is 12.8. The highest BCUT2D eigenvalue weighted by Crippen LogP contribution is 2.40. The smallest absolute Gasteiger partial charge is 0.356 e. The van der Waals surface area contributed by atoms with Gasteiger partial charge in [-0.25, -0.2) is 14.8 Å². The Kier molecular flexibility index (Phi) is 3.08. The normalized spacial score (nSPS) is 18.9. The van der Waals surface area contributed by atoms with Crippen molar-refractivity contribution in [2.45, 2.75) is 24.9 Å². The SMILES string of the molecule is O=C1OC1c1ccc(-c2ncc(Cl)c(Nc3cc(C4CC4)[nH]n3)n2)o1. The molecule has 0 spiro atoms. The molecule has 1 saturated heterocycles. The van der Waals surface area contributed by atoms with Crippen LogP contribution in [0.5, 0.6) is 0 Å². The molecule has 3 aromatic rings. The van der Waals surface area contributed by atoms with Crippen LogP contribution in [-0.2, 0) is 9.53 Å². The van der Waals surface area contributed by atoms with E-state index in [-0.39, 0.29) is 5.97 Å². The second-order valence-corrected chi connectivity index (χ2v) is 6.42. The van der Waals surface area contributed by atoms with Gasteiger partial charge in [-0.1, -0.05) is 11.6 Å². The highest BCUT2D eigenvalue weighted by Gasteiger charge is 2.42. The Morgan fingerprint density at radius 2 is 2.16 bits per heavy atom. The second kappa shape index (κ2) is 5.32. The van der Waals surface area contributed by atoms with Gasteiger partial charge in [0.1, 0.15) is 5.02 Å². The summed E-state index contributed by atoms with van der Waals surface area (Å²) in [6.07, 6.45) is 3.26. The van der Waals surface area contributed by atoms with Crippen LogP contribution in [-0.4, -0.2) is 26.1 Å². The van der Waals surface area contributed by atoms with E-state index in [1.165, 1.54) is 19.0 Å². The predicted molar refractivity (Wildman–Crippen MR) is 87.4 cm³/mol. The Bertz CT molecular complexity index is 978. The Hall–Kier alpha value is -2.87. The van der Waals surface area contributed by atoms with E-state index in [4.69, 9.17) is 20.8 Å². The number of carbonyl (C=O) groups excluding carboxylic acids is 1. The van der Waals surface area contributed by atoms with Crippen LogP contribution in [0.2, 0.25) is 5.02 Å². The minimum Gasteiger partial charge on any atom is -0.453 e. The van der Waals surface area contributed by atoms with E-state index in [0.29, 0.717) is 39.9 Å². The molecule has 0 amide bonds. The molecule has 5 rings (SSSR count). The summed E-state index contributed by atoms with van der Waals surface area (Å²) in [6, 6.07) is 5.32. The molecule has 1 atom stereocenters. The van der Waals surface area contributed by atoms with E-state index in [1.807, 2.05) is 6.07 Å². The molecule has 2 fully saturated rings. The van der Waals surface area contributed by atoms with Gasteiger partial charge in [0.05, 0.1) is 6.20 Å². The molecule has 1 aliphatic heterocycles. The van der Waals surface area contributed by atoms with Crippen molar-refractivity contribution >= 4 is 29.2 Å². The number of hydrogen-bond donors (Lipinski definition) is 2. The van der Waals surface area contributed by atoms with Gasteiger partial charge in [-0.2, -0.15) is 5.10 Å². The summed E-state index contributed by atoms with van der Waals surface area (Å²) in [6.45, 7) is 0. The molecule has 0 radical (unpaired) electrons. The first-order valence-electron chi connectivity index (χ1n) is 7.83. The zero-order chi connectivity index (χ0) is 17.0. The number of nitrogens with one attached hydrogen (secondary N) is 2. The maximum absolute atomic E-state index is 11.0. The molecule has 4 heterocycles. The number of nitrogens with zero attached hydrogens (tertiary/aromatic N) is 3. The summed E-state index contributed by atoms with van der Waals surface area (Å²) in [7, 11) is 0. The van der Waals surface area contributed by atoms with Crippen LogP contribution >= 0.6 is 11.6 Å². The Balaban J connectivity index is 1.41. The minimum atomic E-state index is -0.608. The average molecular weight is 358 g/mol. The van der Waals surface area contributed by atoms with E-state index in [1.54, 1.807) is 12.1 Å². The van der Waals surface area contributed by atoms with Gasteiger partial charge < -0.3 is 14.5 Å². The number of anilines is 2. The van der Waals surface area contributed by atoms with Gasteiger partial charge >= 0.3 is 5.97 Å². The van der Waals surface area contributed by atoms with Crippen molar-refractivity contribution in [3.63, 3.8) is 0 Å². The summed E-state index contributed by atoms with van der Waals surface area (Å²) in [5.41, 5.74) is 1.11. The molecule has 0 bridgehead atoms. The third-order valence-electron chi connectivity index (χ3n) is 4.10. The molecule has 1 aliphatic carbocycles. The molecule has 1 saturated carbocycles. The van der Waals surface area contributed by atoms with Crippen molar-refractivity contribution in [1.82, 2.24) is 20.2 Å². The van der Waals surface area contributed by atoms with Crippen LogP contribution in [0, 0.1) is 0 Å². The summed E-state index contributed by atoms with van der Waals surface area (Å²) in [5, 5.41) is 10.7. The third kappa shape index (κ3) is 2.74. The Morgan fingerprint density at radius 3 is 2.92 bits per heavy atom. The van der Waals surface area contributed by atoms with E-state index >= 15 is 0 Å². The highest BCUT2D eigenvalue weighted by molar-refractivity contribution is 6.32. The average Bonchev–Trinajstić information content (AvgIpc) is 3.48. The fraction of sp³-hybridized carbons (Fsp3) is 0.250. The maximum Gasteiger partial charge on any atom is 0.356 e. The van der Waals surface area contributed by atoms with E-state index in [2.05, 4.69) is 25.5 Å². The Labute approximate surface area is 146 Å². The van der Waals surface area contributed by atoms with Crippen molar-refractivity contribution in [2.75, 3.05) is 5.32 Å². The zero-order valence-corrected chi connectivity index (χ0v) is 13.6. The molecular formula is C16H12ClN5O3. The number of H-pyrrole nitrogens is 1. The summed E-state index contributed by atoms with van der Waals surface area (Å²) in [5.74, 6) is 2.57. The molecule has 126 valence electrons. The number of hydrogen-bond acceptors (Lipinski definition) is 7. The van der Waals surface area contributed by atoms with Crippen LogP contribution in [0.25, 0.3) is 11.6 Å². The van der Waals surface area contributed by atoms with Gasteiger partial charge in [0.25, 0.3) is 6.10 Å². The first kappa shape index (κ1) is 14.5. The number of ether oxygens (including phenoxy) is 1. The number of rotatable bonds is 5. The van der Waals surface area contributed by atoms with Crippen LogP contribution in [0.4, 0.5) is 11.6 Å². The van der Waals surface area contributed by atoms with Crippen LogP contribution < -0.4 is 5.32 Å². The largest absolute Gasteiger partial charge is 0.453 e. The van der Waals surface area contributed by atoms with Crippen molar-refractivity contribution in [2.24, 2.45) is 0 Å². The molecule has 1 unspecified atom stereocenters. The molecule has 25 heavy (non-hydrogen) atoms. The van der Waals surface area contributed by atoms with Gasteiger partial charge in [-0.05, 0) is 25.0 Å². The number of aromatic nitrogens is 4. The second-order valence-electron chi connectivity index (χ2n) is 6.02. The molecule has 0 aromatic carbocycles. The molecule has 2 aliphatic rings.